The summed E-state index contributed by atoms with van der Waals surface area (Å²) in [5, 5.41) is 4.14. The SMILES string of the molecule is CCOc1cc(C(C)(C)C)ncc1C1=N[C@@](C)(c2ccc(Cl)cc2)[C@@](C)(c2ccc(Cl)cc2)N1C(=O)N1CCC(CC(=O)Nc2cccnc2)CC1. The fourth-order valence-electron chi connectivity index (χ4n) is 7.24. The van der Waals surface area contributed by atoms with Gasteiger partial charge in [-0.05, 0) is 87.1 Å². The summed E-state index contributed by atoms with van der Waals surface area (Å²) in [6.45, 7) is 13.8. The number of amidine groups is 1. The Bertz CT molecular complexity index is 1940. The summed E-state index contributed by atoms with van der Waals surface area (Å²) >= 11 is 12.8. The minimum absolute atomic E-state index is 0.0598. The number of piperidine rings is 1. The lowest BCUT2D eigenvalue weighted by atomic mass is 9.71. The third-order valence-electron chi connectivity index (χ3n) is 10.4. The van der Waals surface area contributed by atoms with Crippen molar-refractivity contribution in [1.82, 2.24) is 19.8 Å². The molecule has 6 rings (SSSR count). The molecule has 2 aliphatic rings. The summed E-state index contributed by atoms with van der Waals surface area (Å²) in [5.74, 6) is 1.15. The van der Waals surface area contributed by atoms with Crippen molar-refractivity contribution in [3.05, 3.63) is 118 Å². The van der Waals surface area contributed by atoms with Crippen molar-refractivity contribution in [3.63, 3.8) is 0 Å². The lowest BCUT2D eigenvalue weighted by molar-refractivity contribution is -0.117. The molecule has 0 radical (unpaired) electrons. The molecule has 4 heterocycles. The van der Waals surface area contributed by atoms with E-state index in [1.54, 1.807) is 24.7 Å². The van der Waals surface area contributed by atoms with Gasteiger partial charge in [0.2, 0.25) is 5.91 Å². The first-order valence-electron chi connectivity index (χ1n) is 17.8. The van der Waals surface area contributed by atoms with Crippen LogP contribution in [0.4, 0.5) is 10.5 Å². The minimum Gasteiger partial charge on any atom is -0.493 e. The van der Waals surface area contributed by atoms with E-state index in [1.807, 2.05) is 77.4 Å². The Hall–Kier alpha value is -4.47. The van der Waals surface area contributed by atoms with E-state index in [1.165, 1.54) is 0 Å². The Morgan fingerprint density at radius 1 is 0.942 bits per heavy atom. The molecule has 4 aromatic rings. The van der Waals surface area contributed by atoms with Crippen LogP contribution in [-0.4, -0.2) is 57.2 Å². The van der Waals surface area contributed by atoms with Gasteiger partial charge >= 0.3 is 6.03 Å². The number of aromatic nitrogens is 2. The molecule has 11 heteroatoms. The van der Waals surface area contributed by atoms with E-state index in [-0.39, 0.29) is 23.3 Å². The summed E-state index contributed by atoms with van der Waals surface area (Å²) in [6, 6.07) is 20.7. The van der Waals surface area contributed by atoms with Crippen molar-refractivity contribution in [2.45, 2.75) is 77.3 Å². The molecular weight excluding hydrogens is 695 g/mol. The maximum Gasteiger partial charge on any atom is 0.326 e. The van der Waals surface area contributed by atoms with Gasteiger partial charge < -0.3 is 15.0 Å². The van der Waals surface area contributed by atoms with Crippen molar-refractivity contribution in [2.24, 2.45) is 10.9 Å². The quantitative estimate of drug-likeness (QED) is 0.194. The maximum atomic E-state index is 15.3. The number of halogens is 2. The van der Waals surface area contributed by atoms with E-state index in [0.717, 1.165) is 16.8 Å². The summed E-state index contributed by atoms with van der Waals surface area (Å²) in [6.07, 6.45) is 6.83. The van der Waals surface area contributed by atoms with Crippen LogP contribution in [0.15, 0.2) is 90.3 Å². The molecule has 0 spiro atoms. The molecular formula is C41H46Cl2N6O3. The van der Waals surface area contributed by atoms with Crippen LogP contribution in [0.2, 0.25) is 10.0 Å². The average molecular weight is 742 g/mol. The number of carbonyl (C=O) groups is 2. The maximum absolute atomic E-state index is 15.3. The Balaban J connectivity index is 1.42. The highest BCUT2D eigenvalue weighted by atomic mass is 35.5. The first-order valence-corrected chi connectivity index (χ1v) is 18.5. The molecule has 3 amide bonds. The van der Waals surface area contributed by atoms with Gasteiger partial charge in [-0.2, -0.15) is 0 Å². The molecule has 52 heavy (non-hydrogen) atoms. The Kier molecular flexibility index (Phi) is 10.7. The zero-order valence-corrected chi connectivity index (χ0v) is 32.1. The van der Waals surface area contributed by atoms with Gasteiger partial charge in [-0.1, -0.05) is 68.2 Å². The lowest BCUT2D eigenvalue weighted by Gasteiger charge is -2.47. The van der Waals surface area contributed by atoms with Crippen molar-refractivity contribution < 1.29 is 14.3 Å². The predicted octanol–water partition coefficient (Wildman–Crippen LogP) is 9.23. The van der Waals surface area contributed by atoms with Crippen molar-refractivity contribution in [1.29, 1.82) is 0 Å². The van der Waals surface area contributed by atoms with E-state index in [9.17, 15) is 4.79 Å². The van der Waals surface area contributed by atoms with Crippen LogP contribution in [0.1, 0.15) is 83.2 Å². The largest absolute Gasteiger partial charge is 0.493 e. The highest BCUT2D eigenvalue weighted by Crippen LogP contribution is 2.54. The molecule has 2 atom stereocenters. The number of nitrogens with zero attached hydrogens (tertiary/aromatic N) is 5. The fourth-order valence-corrected chi connectivity index (χ4v) is 7.49. The molecule has 272 valence electrons. The number of carbonyl (C=O) groups excluding carboxylic acids is 2. The van der Waals surface area contributed by atoms with Gasteiger partial charge in [-0.25, -0.2) is 4.79 Å². The van der Waals surface area contributed by atoms with Crippen LogP contribution in [-0.2, 0) is 21.3 Å². The van der Waals surface area contributed by atoms with Crippen LogP contribution in [0.25, 0.3) is 0 Å². The predicted molar refractivity (Wildman–Crippen MR) is 207 cm³/mol. The number of pyridine rings is 2. The van der Waals surface area contributed by atoms with Crippen molar-refractivity contribution in [3.8, 4) is 5.75 Å². The number of hydrogen-bond donors (Lipinski definition) is 1. The molecule has 2 aromatic heterocycles. The molecule has 0 unspecified atom stereocenters. The van der Waals surface area contributed by atoms with Gasteiger partial charge in [0.1, 0.15) is 22.7 Å². The number of nitrogens with one attached hydrogen (secondary N) is 1. The van der Waals surface area contributed by atoms with Crippen LogP contribution in [0.3, 0.4) is 0 Å². The second-order valence-corrected chi connectivity index (χ2v) is 15.8. The van der Waals surface area contributed by atoms with Gasteiger partial charge in [0.05, 0.1) is 24.1 Å². The Labute approximate surface area is 316 Å². The normalized spacial score (nSPS) is 20.8. The van der Waals surface area contributed by atoms with Gasteiger partial charge in [0, 0.05) is 59.1 Å². The Morgan fingerprint density at radius 3 is 2.15 bits per heavy atom. The summed E-state index contributed by atoms with van der Waals surface area (Å²) in [7, 11) is 0. The lowest BCUT2D eigenvalue weighted by Crippen LogP contribution is -2.59. The first-order chi connectivity index (χ1) is 24.7. The van der Waals surface area contributed by atoms with E-state index >= 15 is 4.79 Å². The first kappa shape index (κ1) is 37.3. The number of benzene rings is 2. The Morgan fingerprint density at radius 2 is 1.58 bits per heavy atom. The van der Waals surface area contributed by atoms with Crippen LogP contribution >= 0.6 is 23.2 Å². The third-order valence-corrected chi connectivity index (χ3v) is 10.9. The number of aliphatic imine (C=N–C) groups is 1. The summed E-state index contributed by atoms with van der Waals surface area (Å²) in [4.78, 5) is 46.3. The number of hydrogen-bond acceptors (Lipinski definition) is 6. The van der Waals surface area contributed by atoms with Crippen LogP contribution in [0, 0.1) is 5.92 Å². The molecule has 0 saturated carbocycles. The molecule has 0 aliphatic carbocycles. The third kappa shape index (κ3) is 7.26. The molecule has 2 aromatic carbocycles. The van der Waals surface area contributed by atoms with E-state index in [4.69, 9.17) is 37.9 Å². The number of urea groups is 1. The smallest absolute Gasteiger partial charge is 0.326 e. The van der Waals surface area contributed by atoms with Crippen LogP contribution < -0.4 is 10.1 Å². The van der Waals surface area contributed by atoms with Crippen molar-refractivity contribution >= 4 is 46.7 Å². The molecule has 1 fully saturated rings. The number of anilines is 1. The van der Waals surface area contributed by atoms with Gasteiger partial charge in [0.25, 0.3) is 0 Å². The molecule has 9 nitrogen and oxygen atoms in total. The average Bonchev–Trinajstić information content (AvgIpc) is 3.36. The van der Waals surface area contributed by atoms with E-state index < -0.39 is 11.1 Å². The van der Waals surface area contributed by atoms with Gasteiger partial charge in [0.15, 0.2) is 0 Å². The summed E-state index contributed by atoms with van der Waals surface area (Å²) < 4.78 is 6.28. The van der Waals surface area contributed by atoms with E-state index in [0.29, 0.717) is 71.8 Å². The molecule has 0 bridgehead atoms. The zero-order valence-electron chi connectivity index (χ0n) is 30.6. The standard InChI is InChI=1S/C41H46Cl2N6O3/c1-7-52-34-24-35(39(2,3)4)45-26-33(34)37-47-40(5,28-10-14-30(42)15-11-28)41(6,29-12-16-31(43)17-13-29)49(37)38(51)48-21-18-27(19-22-48)23-36(50)46-32-9-8-20-44-25-32/h8-17,20,24-27H,7,18-19,21-23H2,1-6H3,(H,46,50)/t40-,41+/m0/s1. The number of likely N-dealkylation sites (tertiary alicyclic amines) is 1. The van der Waals surface area contributed by atoms with Gasteiger partial charge in [-0.3, -0.25) is 24.7 Å². The number of ether oxygens (including phenoxy) is 1. The topological polar surface area (TPSA) is 100 Å². The summed E-state index contributed by atoms with van der Waals surface area (Å²) in [5.41, 5.74) is 1.66. The zero-order chi connectivity index (χ0) is 37.3. The molecule has 2 aliphatic heterocycles. The molecule has 1 saturated heterocycles. The van der Waals surface area contributed by atoms with Crippen LogP contribution in [0.5, 0.6) is 5.75 Å². The van der Waals surface area contributed by atoms with E-state index in [2.05, 4.69) is 44.9 Å². The second-order valence-electron chi connectivity index (χ2n) is 14.9. The molecule has 1 N–H and O–H groups in total. The highest BCUT2D eigenvalue weighted by molar-refractivity contribution is 6.30. The minimum atomic E-state index is -1.04. The van der Waals surface area contributed by atoms with Crippen molar-refractivity contribution in [2.75, 3.05) is 25.0 Å². The number of rotatable bonds is 8. The monoisotopic (exact) mass is 740 g/mol. The highest BCUT2D eigenvalue weighted by Gasteiger charge is 2.60. The van der Waals surface area contributed by atoms with Gasteiger partial charge in [-0.15, -0.1) is 0 Å². The number of amides is 3. The second kappa shape index (κ2) is 14.9. The fraction of sp³-hybridized carbons (Fsp3) is 0.390.